The zero-order valence-electron chi connectivity index (χ0n) is 19.9. The second-order valence-corrected chi connectivity index (χ2v) is 9.16. The Kier molecular flexibility index (Phi) is 8.40. The Hall–Kier alpha value is -3.63. The lowest BCUT2D eigenvalue weighted by atomic mass is 10.2. The van der Waals surface area contributed by atoms with Crippen molar-refractivity contribution in [3.8, 4) is 22.9 Å². The van der Waals surface area contributed by atoms with Gasteiger partial charge in [0.15, 0.2) is 23.9 Å². The minimum absolute atomic E-state index is 0.150. The number of nitrogens with zero attached hydrogens (tertiary/aromatic N) is 2. The predicted octanol–water partition coefficient (Wildman–Crippen LogP) is 5.84. The second-order valence-electron chi connectivity index (χ2n) is 7.91. The van der Waals surface area contributed by atoms with Gasteiger partial charge >= 0.3 is 0 Å². The second kappa shape index (κ2) is 11.9. The fraction of sp³-hybridized carbons (Fsp3) is 0.192. The predicted molar refractivity (Wildman–Crippen MR) is 147 cm³/mol. The average molecular weight is 568 g/mol. The first-order chi connectivity index (χ1) is 17.4. The van der Waals surface area contributed by atoms with Gasteiger partial charge in [-0.25, -0.2) is 9.77 Å². The molecule has 0 bridgehead atoms. The van der Waals surface area contributed by atoms with Gasteiger partial charge in [0.05, 0.1) is 13.2 Å². The van der Waals surface area contributed by atoms with Crippen LogP contribution in [0, 0.1) is 11.7 Å². The summed E-state index contributed by atoms with van der Waals surface area (Å²) in [7, 11) is 0. The van der Waals surface area contributed by atoms with Gasteiger partial charge in [-0.3, -0.25) is 4.79 Å². The number of ether oxygens (including phenoxy) is 2. The van der Waals surface area contributed by atoms with Crippen molar-refractivity contribution in [3.05, 3.63) is 87.1 Å². The summed E-state index contributed by atoms with van der Waals surface area (Å²) < 4.78 is 14.6. The van der Waals surface area contributed by atoms with Crippen molar-refractivity contribution in [1.82, 2.24) is 14.9 Å². The van der Waals surface area contributed by atoms with Crippen molar-refractivity contribution in [2.75, 3.05) is 24.0 Å². The number of hydrogen-bond donors (Lipinski definition) is 3. The molecular formula is C26H26BrN5O3S. The minimum atomic E-state index is -0.258. The first kappa shape index (κ1) is 25.5. The summed E-state index contributed by atoms with van der Waals surface area (Å²) in [6, 6.07) is 21.0. The van der Waals surface area contributed by atoms with Gasteiger partial charge < -0.3 is 20.2 Å². The van der Waals surface area contributed by atoms with Gasteiger partial charge in [-0.05, 0) is 55.9 Å². The molecule has 1 heterocycles. The van der Waals surface area contributed by atoms with Crippen LogP contribution in [0.2, 0.25) is 0 Å². The summed E-state index contributed by atoms with van der Waals surface area (Å²) in [6.07, 6.45) is 0. The van der Waals surface area contributed by atoms with Crippen molar-refractivity contribution >= 4 is 39.7 Å². The Morgan fingerprint density at radius 2 is 1.81 bits per heavy atom. The van der Waals surface area contributed by atoms with E-state index in [-0.39, 0.29) is 12.5 Å². The zero-order chi connectivity index (χ0) is 25.5. The topological polar surface area (TPSA) is 93.2 Å². The van der Waals surface area contributed by atoms with Gasteiger partial charge in [-0.1, -0.05) is 64.0 Å². The number of H-pyrrole nitrogens is 1. The molecule has 0 spiro atoms. The number of hydrogen-bond acceptors (Lipinski definition) is 6. The summed E-state index contributed by atoms with van der Waals surface area (Å²) in [5.41, 5.74) is 7.00. The molecular weight excluding hydrogens is 542 g/mol. The fourth-order valence-corrected chi connectivity index (χ4v) is 4.12. The summed E-state index contributed by atoms with van der Waals surface area (Å²) in [4.78, 5) is 12.4. The lowest BCUT2D eigenvalue weighted by Crippen LogP contribution is -2.20. The molecule has 0 radical (unpaired) electrons. The Morgan fingerprint density at radius 3 is 2.53 bits per heavy atom. The molecule has 0 saturated carbocycles. The van der Waals surface area contributed by atoms with E-state index >= 15 is 0 Å². The Balaban J connectivity index is 1.46. The first-order valence-corrected chi connectivity index (χ1v) is 12.6. The number of halogens is 1. The quantitative estimate of drug-likeness (QED) is 0.208. The molecule has 186 valence electrons. The van der Waals surface area contributed by atoms with Crippen LogP contribution in [0.25, 0.3) is 11.4 Å². The Bertz CT molecular complexity index is 1390. The van der Waals surface area contributed by atoms with E-state index in [1.165, 1.54) is 0 Å². The Morgan fingerprint density at radius 1 is 1.08 bits per heavy atom. The van der Waals surface area contributed by atoms with Crippen LogP contribution in [-0.4, -0.2) is 34.0 Å². The smallest absolute Gasteiger partial charge is 0.262 e. The summed E-state index contributed by atoms with van der Waals surface area (Å²) >= 11 is 9.02. The van der Waals surface area contributed by atoms with E-state index in [4.69, 9.17) is 21.7 Å². The van der Waals surface area contributed by atoms with E-state index in [0.29, 0.717) is 35.2 Å². The molecule has 0 atom stereocenters. The normalized spacial score (nSPS) is 10.6. The summed E-state index contributed by atoms with van der Waals surface area (Å²) in [5.74, 6) is 1.43. The van der Waals surface area contributed by atoms with E-state index in [1.54, 1.807) is 10.7 Å². The van der Waals surface area contributed by atoms with Gasteiger partial charge in [0.2, 0.25) is 4.77 Å². The van der Waals surface area contributed by atoms with Gasteiger partial charge in [0.1, 0.15) is 0 Å². The number of rotatable bonds is 10. The highest BCUT2D eigenvalue weighted by molar-refractivity contribution is 9.10. The highest BCUT2D eigenvalue weighted by Crippen LogP contribution is 2.34. The van der Waals surface area contributed by atoms with Crippen LogP contribution in [0.5, 0.6) is 11.5 Å². The van der Waals surface area contributed by atoms with E-state index in [0.717, 1.165) is 26.9 Å². The van der Waals surface area contributed by atoms with Crippen LogP contribution < -0.4 is 20.2 Å². The zero-order valence-corrected chi connectivity index (χ0v) is 22.3. The van der Waals surface area contributed by atoms with E-state index in [2.05, 4.69) is 36.9 Å². The molecule has 8 nitrogen and oxygen atoms in total. The molecule has 0 saturated heterocycles. The SMILES string of the molecule is CCOc1cc(CNn2c(-c3ccccc3)n[nH]c2=S)c(Br)cc1OCC(=O)Nc1ccc(C)cc1. The number of aromatic amines is 1. The molecule has 4 rings (SSSR count). The van der Waals surface area contributed by atoms with Crippen LogP contribution in [0.15, 0.2) is 71.2 Å². The largest absolute Gasteiger partial charge is 0.490 e. The van der Waals surface area contributed by atoms with E-state index in [9.17, 15) is 4.79 Å². The number of nitrogens with one attached hydrogen (secondary N) is 3. The molecule has 10 heteroatoms. The van der Waals surface area contributed by atoms with Crippen molar-refractivity contribution in [2.45, 2.75) is 20.4 Å². The summed E-state index contributed by atoms with van der Waals surface area (Å²) in [5, 5.41) is 10.0. The number of carbonyl (C=O) groups excluding carboxylic acids is 1. The number of benzene rings is 3. The fourth-order valence-electron chi connectivity index (χ4n) is 3.46. The standard InChI is InChI=1S/C26H26BrN5O3S/c1-3-34-22-13-19(15-28-32-25(30-31-26(32)36)18-7-5-4-6-8-18)21(27)14-23(22)35-16-24(33)29-20-11-9-17(2)10-12-20/h4-14,28H,3,15-16H2,1-2H3,(H,29,33)(H,31,36). The van der Waals surface area contributed by atoms with Crippen LogP contribution in [0.3, 0.4) is 0 Å². The highest BCUT2D eigenvalue weighted by atomic mass is 79.9. The monoisotopic (exact) mass is 567 g/mol. The molecule has 0 fully saturated rings. The number of amides is 1. The molecule has 1 amide bonds. The van der Waals surface area contributed by atoms with Crippen molar-refractivity contribution < 1.29 is 14.3 Å². The molecule has 36 heavy (non-hydrogen) atoms. The average Bonchev–Trinajstić information content (AvgIpc) is 3.25. The van der Waals surface area contributed by atoms with Crippen molar-refractivity contribution in [2.24, 2.45) is 0 Å². The van der Waals surface area contributed by atoms with Crippen molar-refractivity contribution in [3.63, 3.8) is 0 Å². The molecule has 4 aromatic rings. The number of aryl methyl sites for hydroxylation is 1. The van der Waals surface area contributed by atoms with Crippen LogP contribution in [0.4, 0.5) is 5.69 Å². The third-order valence-corrected chi connectivity index (χ3v) is 6.25. The van der Waals surface area contributed by atoms with Gasteiger partial charge in [-0.2, -0.15) is 5.10 Å². The lowest BCUT2D eigenvalue weighted by molar-refractivity contribution is -0.118. The Labute approximate surface area is 222 Å². The maximum Gasteiger partial charge on any atom is 0.262 e. The minimum Gasteiger partial charge on any atom is -0.490 e. The van der Waals surface area contributed by atoms with Crippen LogP contribution in [0.1, 0.15) is 18.1 Å². The number of anilines is 1. The van der Waals surface area contributed by atoms with E-state index in [1.807, 2.05) is 74.5 Å². The highest BCUT2D eigenvalue weighted by Gasteiger charge is 2.14. The molecule has 0 unspecified atom stereocenters. The van der Waals surface area contributed by atoms with Gasteiger partial charge in [0, 0.05) is 15.7 Å². The third kappa shape index (κ3) is 6.32. The van der Waals surface area contributed by atoms with Crippen LogP contribution >= 0.6 is 28.1 Å². The van der Waals surface area contributed by atoms with Gasteiger partial charge in [0.25, 0.3) is 5.91 Å². The molecule has 3 aromatic carbocycles. The molecule has 0 aliphatic rings. The third-order valence-electron chi connectivity index (χ3n) is 5.24. The maximum absolute atomic E-state index is 12.4. The molecule has 0 aliphatic carbocycles. The lowest BCUT2D eigenvalue weighted by Gasteiger charge is -2.16. The van der Waals surface area contributed by atoms with Gasteiger partial charge in [-0.15, -0.1) is 0 Å². The first-order valence-electron chi connectivity index (χ1n) is 11.4. The molecule has 0 aliphatic heterocycles. The maximum atomic E-state index is 12.4. The van der Waals surface area contributed by atoms with E-state index < -0.39 is 0 Å². The van der Waals surface area contributed by atoms with Crippen LogP contribution in [-0.2, 0) is 11.3 Å². The molecule has 1 aromatic heterocycles. The van der Waals surface area contributed by atoms with Crippen molar-refractivity contribution in [1.29, 1.82) is 0 Å². The number of carbonyl (C=O) groups is 1. The molecule has 3 N–H and O–H groups in total. The summed E-state index contributed by atoms with van der Waals surface area (Å²) in [6.45, 7) is 4.62. The number of aromatic nitrogens is 3.